The lowest BCUT2D eigenvalue weighted by molar-refractivity contribution is 0.518. The molecule has 0 radical (unpaired) electrons. The maximum Gasteiger partial charge on any atom is 0.131 e. The normalized spacial score (nSPS) is 28.6. The first-order valence-corrected chi connectivity index (χ1v) is 9.02. The Morgan fingerprint density at radius 3 is 3.08 bits per heavy atom. The molecule has 4 rings (SSSR count). The van der Waals surface area contributed by atoms with Crippen LogP contribution in [0.4, 0.5) is 5.69 Å². The topological polar surface area (TPSA) is 64.1 Å². The lowest BCUT2D eigenvalue weighted by atomic mass is 9.88. The van der Waals surface area contributed by atoms with Crippen molar-refractivity contribution in [3.8, 4) is 0 Å². The van der Waals surface area contributed by atoms with E-state index in [0.29, 0.717) is 28.2 Å². The van der Waals surface area contributed by atoms with Gasteiger partial charge in [-0.2, -0.15) is 0 Å². The van der Waals surface area contributed by atoms with Crippen LogP contribution >= 0.6 is 34.5 Å². The first-order valence-electron chi connectivity index (χ1n) is 10.4. The van der Waals surface area contributed by atoms with E-state index < -0.39 is 36.8 Å². The number of halogens is 2. The van der Waals surface area contributed by atoms with E-state index in [0.717, 1.165) is 11.3 Å². The molecule has 0 saturated carbocycles. The number of fused-ring (bicyclic) bond motifs is 1. The minimum absolute atomic E-state index is 0.102. The Balaban J connectivity index is 1.85. The molecular weight excluding hydrogens is 377 g/mol. The molecule has 0 spiro atoms. The fourth-order valence-electron chi connectivity index (χ4n) is 2.59. The molecule has 4 nitrogen and oxygen atoms in total. The predicted octanol–water partition coefficient (Wildman–Crippen LogP) is 5.57. The number of anilines is 1. The molecule has 0 aliphatic heterocycles. The van der Waals surface area contributed by atoms with Gasteiger partial charge in [-0.1, -0.05) is 35.3 Å². The highest BCUT2D eigenvalue weighted by Crippen LogP contribution is 2.45. The van der Waals surface area contributed by atoms with E-state index in [4.69, 9.17) is 41.6 Å². The minimum atomic E-state index is -2.39. The van der Waals surface area contributed by atoms with E-state index >= 15 is 0 Å². The molecule has 3 aromatic rings. The van der Waals surface area contributed by atoms with Crippen molar-refractivity contribution < 1.29 is 12.6 Å². The number of furan rings is 1. The number of rotatable bonds is 4. The van der Waals surface area contributed by atoms with Crippen LogP contribution in [0.15, 0.2) is 41.0 Å². The molecule has 3 aromatic heterocycles. The zero-order chi connectivity index (χ0) is 22.7. The van der Waals surface area contributed by atoms with E-state index in [9.17, 15) is 0 Å². The molecule has 0 saturated heterocycles. The molecule has 0 aromatic carbocycles. The van der Waals surface area contributed by atoms with Gasteiger partial charge >= 0.3 is 0 Å². The highest BCUT2D eigenvalue weighted by molar-refractivity contribution is 7.20. The largest absolute Gasteiger partial charge is 0.467 e. The molecular formula is C18H17Cl2N3OS. The Kier molecular flexibility index (Phi) is 3.15. The molecule has 130 valence electrons. The van der Waals surface area contributed by atoms with Crippen molar-refractivity contribution in [1.29, 1.82) is 0 Å². The molecule has 25 heavy (non-hydrogen) atoms. The van der Waals surface area contributed by atoms with Crippen LogP contribution in [0.3, 0.4) is 0 Å². The summed E-state index contributed by atoms with van der Waals surface area (Å²) in [6, 6.07) is 2.23. The van der Waals surface area contributed by atoms with E-state index in [1.807, 2.05) is 0 Å². The number of hydrogen-bond donors (Lipinski definition) is 2. The summed E-state index contributed by atoms with van der Waals surface area (Å²) in [6.07, 6.45) is -3.23. The van der Waals surface area contributed by atoms with Crippen molar-refractivity contribution in [2.24, 2.45) is 5.73 Å². The smallest absolute Gasteiger partial charge is 0.131 e. The van der Waals surface area contributed by atoms with Gasteiger partial charge < -0.3 is 15.5 Å². The summed E-state index contributed by atoms with van der Waals surface area (Å²) in [7, 11) is 0. The average Bonchev–Trinajstić information content (AvgIpc) is 3.33. The zero-order valence-electron chi connectivity index (χ0n) is 18.8. The summed E-state index contributed by atoms with van der Waals surface area (Å²) in [5.74, 6) is -0.595. The fraction of sp³-hybridized carbons (Fsp3) is 0.278. The van der Waals surface area contributed by atoms with Crippen molar-refractivity contribution in [1.82, 2.24) is 4.98 Å². The summed E-state index contributed by atoms with van der Waals surface area (Å²) < 4.78 is 55.1. The summed E-state index contributed by atoms with van der Waals surface area (Å²) in [6.45, 7) is 0.363. The van der Waals surface area contributed by atoms with Crippen LogP contribution in [0.2, 0.25) is 10.2 Å². The summed E-state index contributed by atoms with van der Waals surface area (Å²) in [5.41, 5.74) is 7.04. The van der Waals surface area contributed by atoms with Crippen LogP contribution in [0.1, 0.15) is 37.5 Å². The molecule has 0 fully saturated rings. The Morgan fingerprint density at radius 2 is 2.28 bits per heavy atom. The minimum Gasteiger partial charge on any atom is -0.467 e. The number of hydrogen-bond acceptors (Lipinski definition) is 5. The number of aromatic nitrogens is 1. The second-order valence-electron chi connectivity index (χ2n) is 5.43. The molecule has 1 aliphatic carbocycles. The van der Waals surface area contributed by atoms with Gasteiger partial charge in [0, 0.05) is 28.4 Å². The van der Waals surface area contributed by atoms with E-state index in [1.54, 1.807) is 24.5 Å². The summed E-state index contributed by atoms with van der Waals surface area (Å²) >= 11 is 13.9. The van der Waals surface area contributed by atoms with Crippen molar-refractivity contribution in [2.45, 2.75) is 31.3 Å². The first kappa shape index (κ1) is 11.2. The van der Waals surface area contributed by atoms with Gasteiger partial charge in [0.1, 0.15) is 16.4 Å². The SMILES string of the molecule is [2H]C1=C([2H])C([2H])([2H])[C@@H](c2sc3c(NCc4ccco4)cc(Cl)nc3c2Cl)[C@H](N)C1([2H])[2H]. The van der Waals surface area contributed by atoms with Crippen molar-refractivity contribution >= 4 is 50.4 Å². The van der Waals surface area contributed by atoms with Crippen LogP contribution in [0, 0.1) is 0 Å². The molecule has 1 aliphatic rings. The standard InChI is InChI=1S/C18H17Cl2N3OS/c19-14-8-13(22-9-10-4-3-7-24-10)18-16(23-14)15(20)17(25-18)11-5-1-2-6-12(11)21/h1-4,7-8,11-12H,5-6,9,21H2,(H,22,23)/t11-,12-/m1/s1/i1D,2D,5D2,6D2. The van der Waals surface area contributed by atoms with Crippen molar-refractivity contribution in [2.75, 3.05) is 5.32 Å². The maximum atomic E-state index is 8.43. The van der Waals surface area contributed by atoms with Gasteiger partial charge in [0.05, 0.1) is 31.0 Å². The Labute approximate surface area is 168 Å². The van der Waals surface area contributed by atoms with E-state index in [-0.39, 0.29) is 15.1 Å². The van der Waals surface area contributed by atoms with Gasteiger partial charge in [0.25, 0.3) is 0 Å². The monoisotopic (exact) mass is 399 g/mol. The van der Waals surface area contributed by atoms with Crippen LogP contribution < -0.4 is 11.1 Å². The number of pyridine rings is 1. The first-order chi connectivity index (χ1) is 14.5. The van der Waals surface area contributed by atoms with Crippen molar-refractivity contribution in [3.63, 3.8) is 0 Å². The molecule has 0 bridgehead atoms. The van der Waals surface area contributed by atoms with E-state index in [2.05, 4.69) is 10.3 Å². The molecule has 2 atom stereocenters. The van der Waals surface area contributed by atoms with E-state index in [1.165, 1.54) is 0 Å². The fourth-order valence-corrected chi connectivity index (χ4v) is 4.43. The Hall–Kier alpha value is -1.53. The van der Waals surface area contributed by atoms with Gasteiger partial charge in [0.15, 0.2) is 0 Å². The third kappa shape index (κ3) is 3.29. The number of nitrogens with one attached hydrogen (secondary N) is 1. The third-order valence-electron chi connectivity index (χ3n) is 3.78. The second kappa shape index (κ2) is 7.00. The molecule has 7 heteroatoms. The lowest BCUT2D eigenvalue weighted by Gasteiger charge is -2.24. The van der Waals surface area contributed by atoms with Crippen LogP contribution in [-0.4, -0.2) is 11.0 Å². The Morgan fingerprint density at radius 1 is 1.44 bits per heavy atom. The predicted molar refractivity (Wildman–Crippen MR) is 105 cm³/mol. The Bertz CT molecular complexity index is 1180. The highest BCUT2D eigenvalue weighted by atomic mass is 35.5. The zero-order valence-corrected chi connectivity index (χ0v) is 15.1. The van der Waals surface area contributed by atoms with Crippen LogP contribution in [0.25, 0.3) is 10.2 Å². The molecule has 0 unspecified atom stereocenters. The summed E-state index contributed by atoms with van der Waals surface area (Å²) in [5, 5.41) is 3.47. The van der Waals surface area contributed by atoms with Gasteiger partial charge in [-0.25, -0.2) is 4.98 Å². The molecule has 3 N–H and O–H groups in total. The number of nitrogens with zero attached hydrogens (tertiary/aromatic N) is 1. The van der Waals surface area contributed by atoms with Gasteiger partial charge in [-0.3, -0.25) is 0 Å². The number of nitrogens with two attached hydrogens (primary N) is 1. The van der Waals surface area contributed by atoms with Gasteiger partial charge in [-0.15, -0.1) is 11.3 Å². The van der Waals surface area contributed by atoms with Crippen LogP contribution in [0.5, 0.6) is 0 Å². The molecule has 3 heterocycles. The van der Waals surface area contributed by atoms with Gasteiger partial charge in [-0.05, 0) is 24.9 Å². The quantitative estimate of drug-likeness (QED) is 0.444. The van der Waals surface area contributed by atoms with Gasteiger partial charge in [0.2, 0.25) is 0 Å². The lowest BCUT2D eigenvalue weighted by Crippen LogP contribution is -2.29. The number of allylic oxidation sites excluding steroid dienone is 1. The van der Waals surface area contributed by atoms with Crippen LogP contribution in [-0.2, 0) is 6.54 Å². The second-order valence-corrected chi connectivity index (χ2v) is 7.24. The summed E-state index contributed by atoms with van der Waals surface area (Å²) in [4.78, 5) is 4.52. The highest BCUT2D eigenvalue weighted by Gasteiger charge is 2.27. The maximum absolute atomic E-state index is 8.43. The van der Waals surface area contributed by atoms with Crippen molar-refractivity contribution in [3.05, 3.63) is 57.4 Å². The third-order valence-corrected chi connectivity index (χ3v) is 5.77. The average molecular weight is 400 g/mol. The number of thiophene rings is 1. The molecule has 0 amide bonds.